The number of allylic oxidation sites excluding steroid dienone is 2. The fourth-order valence-electron chi connectivity index (χ4n) is 3.86. The van der Waals surface area contributed by atoms with Gasteiger partial charge in [-0.25, -0.2) is 0 Å². The molecule has 14 heavy (non-hydrogen) atoms. The van der Waals surface area contributed by atoms with Crippen molar-refractivity contribution in [2.75, 3.05) is 0 Å². The Hall–Kier alpha value is -0.260. The van der Waals surface area contributed by atoms with Gasteiger partial charge in [0.25, 0.3) is 0 Å². The normalized spacial score (nSPS) is 47.5. The summed E-state index contributed by atoms with van der Waals surface area (Å²) in [5.41, 5.74) is 0. The van der Waals surface area contributed by atoms with Crippen LogP contribution in [0.25, 0.3) is 0 Å². The number of rotatable bonds is 1. The molecule has 0 bridgehead atoms. The van der Waals surface area contributed by atoms with Crippen LogP contribution in [0.15, 0.2) is 12.2 Å². The molecule has 0 heterocycles. The minimum atomic E-state index is 0.910. The third kappa shape index (κ3) is 1.64. The summed E-state index contributed by atoms with van der Waals surface area (Å²) in [4.78, 5) is 0. The van der Waals surface area contributed by atoms with Crippen molar-refractivity contribution in [2.45, 2.75) is 46.5 Å². The first kappa shape index (κ1) is 10.3. The summed E-state index contributed by atoms with van der Waals surface area (Å²) < 4.78 is 0. The highest BCUT2D eigenvalue weighted by Crippen LogP contribution is 2.47. The van der Waals surface area contributed by atoms with E-state index >= 15 is 0 Å². The van der Waals surface area contributed by atoms with Gasteiger partial charge < -0.3 is 0 Å². The first-order valence-corrected chi connectivity index (χ1v) is 6.40. The van der Waals surface area contributed by atoms with Crippen LogP contribution in [0.4, 0.5) is 0 Å². The van der Waals surface area contributed by atoms with E-state index < -0.39 is 0 Å². The lowest BCUT2D eigenvalue weighted by molar-refractivity contribution is 0.0775. The van der Waals surface area contributed by atoms with Crippen LogP contribution in [0.5, 0.6) is 0 Å². The van der Waals surface area contributed by atoms with Crippen LogP contribution in [0, 0.1) is 29.6 Å². The summed E-state index contributed by atoms with van der Waals surface area (Å²) in [5.74, 6) is 4.76. The molecule has 80 valence electrons. The largest absolute Gasteiger partial charge is 0.0880 e. The minimum Gasteiger partial charge on any atom is -0.0880 e. The molecule has 0 aliphatic heterocycles. The summed E-state index contributed by atoms with van der Waals surface area (Å²) in [6.45, 7) is 7.29. The van der Waals surface area contributed by atoms with E-state index in [1.54, 1.807) is 0 Å². The van der Waals surface area contributed by atoms with Crippen LogP contribution >= 0.6 is 0 Å². The molecule has 2 aliphatic carbocycles. The molecule has 0 N–H and O–H groups in total. The Morgan fingerprint density at radius 3 is 2.64 bits per heavy atom. The van der Waals surface area contributed by atoms with Crippen molar-refractivity contribution >= 4 is 0 Å². The standard InChI is InChI=1S/C14H24/c1-4-12-9-8-11(3)14-10(2)6-5-7-13(12)14/h5,7,10-14H,4,6,8-9H2,1-3H3. The van der Waals surface area contributed by atoms with Crippen molar-refractivity contribution in [1.82, 2.24) is 0 Å². The van der Waals surface area contributed by atoms with Crippen molar-refractivity contribution in [3.05, 3.63) is 12.2 Å². The van der Waals surface area contributed by atoms with E-state index in [-0.39, 0.29) is 0 Å². The van der Waals surface area contributed by atoms with Gasteiger partial charge in [0.05, 0.1) is 0 Å². The van der Waals surface area contributed by atoms with Gasteiger partial charge in [0.15, 0.2) is 0 Å². The second kappa shape index (κ2) is 4.08. The molecule has 2 rings (SSSR count). The van der Waals surface area contributed by atoms with E-state index in [1.807, 2.05) is 0 Å². The molecule has 5 unspecified atom stereocenters. The lowest BCUT2D eigenvalue weighted by Gasteiger charge is -2.45. The first-order valence-electron chi connectivity index (χ1n) is 6.40. The van der Waals surface area contributed by atoms with Gasteiger partial charge in [0, 0.05) is 0 Å². The zero-order valence-electron chi connectivity index (χ0n) is 9.87. The van der Waals surface area contributed by atoms with Crippen LogP contribution in [-0.2, 0) is 0 Å². The topological polar surface area (TPSA) is 0 Å². The summed E-state index contributed by atoms with van der Waals surface area (Å²) in [6.07, 6.45) is 10.6. The zero-order chi connectivity index (χ0) is 10.1. The number of hydrogen-bond donors (Lipinski definition) is 0. The van der Waals surface area contributed by atoms with Gasteiger partial charge in [-0.2, -0.15) is 0 Å². The van der Waals surface area contributed by atoms with E-state index in [9.17, 15) is 0 Å². The van der Waals surface area contributed by atoms with Gasteiger partial charge in [-0.1, -0.05) is 45.8 Å². The smallest absolute Gasteiger partial charge is 0.0172 e. The summed E-state index contributed by atoms with van der Waals surface area (Å²) >= 11 is 0. The van der Waals surface area contributed by atoms with Crippen LogP contribution in [-0.4, -0.2) is 0 Å². The Morgan fingerprint density at radius 1 is 1.14 bits per heavy atom. The summed E-state index contributed by atoms with van der Waals surface area (Å²) in [7, 11) is 0. The number of fused-ring (bicyclic) bond motifs is 1. The molecule has 0 aromatic rings. The fraction of sp³-hybridized carbons (Fsp3) is 0.857. The highest BCUT2D eigenvalue weighted by molar-refractivity contribution is 5.04. The third-order valence-electron chi connectivity index (χ3n) is 4.69. The quantitative estimate of drug-likeness (QED) is 0.544. The van der Waals surface area contributed by atoms with Crippen molar-refractivity contribution < 1.29 is 0 Å². The molecule has 0 nitrogen and oxygen atoms in total. The zero-order valence-corrected chi connectivity index (χ0v) is 9.87. The van der Waals surface area contributed by atoms with Gasteiger partial charge >= 0.3 is 0 Å². The van der Waals surface area contributed by atoms with Crippen LogP contribution < -0.4 is 0 Å². The van der Waals surface area contributed by atoms with E-state index in [1.165, 1.54) is 25.7 Å². The van der Waals surface area contributed by atoms with Gasteiger partial charge in [0.1, 0.15) is 0 Å². The maximum atomic E-state index is 2.54. The summed E-state index contributed by atoms with van der Waals surface area (Å²) in [6, 6.07) is 0. The molecular formula is C14H24. The van der Waals surface area contributed by atoms with Gasteiger partial charge in [-0.15, -0.1) is 0 Å². The molecule has 0 aromatic heterocycles. The molecule has 0 amide bonds. The minimum absolute atomic E-state index is 0.910. The van der Waals surface area contributed by atoms with Crippen molar-refractivity contribution in [3.63, 3.8) is 0 Å². The second-order valence-electron chi connectivity index (χ2n) is 5.52. The lowest BCUT2D eigenvalue weighted by Crippen LogP contribution is -2.37. The van der Waals surface area contributed by atoms with E-state index in [0.29, 0.717) is 0 Å². The molecular weight excluding hydrogens is 168 g/mol. The molecule has 5 atom stereocenters. The lowest BCUT2D eigenvalue weighted by atomic mass is 9.60. The Kier molecular flexibility index (Phi) is 2.99. The third-order valence-corrected chi connectivity index (χ3v) is 4.69. The molecule has 0 radical (unpaired) electrons. The average Bonchev–Trinajstić information content (AvgIpc) is 2.18. The highest BCUT2D eigenvalue weighted by atomic mass is 14.4. The fourth-order valence-corrected chi connectivity index (χ4v) is 3.86. The SMILES string of the molecule is CCC1CCC(C)C2C(C)CC=CC12. The maximum Gasteiger partial charge on any atom is -0.0172 e. The van der Waals surface area contributed by atoms with Gasteiger partial charge in [0.2, 0.25) is 0 Å². The van der Waals surface area contributed by atoms with Crippen LogP contribution in [0.1, 0.15) is 46.5 Å². The highest BCUT2D eigenvalue weighted by Gasteiger charge is 2.39. The molecule has 0 saturated heterocycles. The van der Waals surface area contributed by atoms with Crippen LogP contribution in [0.3, 0.4) is 0 Å². The Morgan fingerprint density at radius 2 is 1.93 bits per heavy atom. The van der Waals surface area contributed by atoms with Crippen molar-refractivity contribution in [3.8, 4) is 0 Å². The van der Waals surface area contributed by atoms with E-state index in [0.717, 1.165) is 29.6 Å². The monoisotopic (exact) mass is 192 g/mol. The Labute approximate surface area is 88.8 Å². The Balaban J connectivity index is 2.19. The maximum absolute atomic E-state index is 2.54. The summed E-state index contributed by atoms with van der Waals surface area (Å²) in [5, 5.41) is 0. The van der Waals surface area contributed by atoms with Crippen LogP contribution in [0.2, 0.25) is 0 Å². The molecule has 1 fully saturated rings. The van der Waals surface area contributed by atoms with Crippen molar-refractivity contribution in [2.24, 2.45) is 29.6 Å². The van der Waals surface area contributed by atoms with E-state index in [2.05, 4.69) is 32.9 Å². The Bertz CT molecular complexity index is 216. The molecule has 0 spiro atoms. The predicted octanol–water partition coefficient (Wildman–Crippen LogP) is 4.27. The van der Waals surface area contributed by atoms with Gasteiger partial charge in [-0.3, -0.25) is 0 Å². The second-order valence-corrected chi connectivity index (χ2v) is 5.52. The molecule has 0 aromatic carbocycles. The number of hydrogen-bond acceptors (Lipinski definition) is 0. The molecule has 2 aliphatic rings. The average molecular weight is 192 g/mol. The first-order chi connectivity index (χ1) is 6.74. The molecule has 0 heteroatoms. The van der Waals surface area contributed by atoms with E-state index in [4.69, 9.17) is 0 Å². The molecule has 1 saturated carbocycles. The van der Waals surface area contributed by atoms with Crippen molar-refractivity contribution in [1.29, 1.82) is 0 Å². The predicted molar refractivity (Wildman–Crippen MR) is 62.1 cm³/mol. The van der Waals surface area contributed by atoms with Gasteiger partial charge in [-0.05, 0) is 42.4 Å².